The first-order valence-electron chi connectivity index (χ1n) is 7.97. The average molecular weight is 367 g/mol. The lowest BCUT2D eigenvalue weighted by Gasteiger charge is -2.26. The summed E-state index contributed by atoms with van der Waals surface area (Å²) in [7, 11) is 1.70. The van der Waals surface area contributed by atoms with Gasteiger partial charge in [-0.05, 0) is 29.8 Å². The average Bonchev–Trinajstić information content (AvgIpc) is 2.65. The number of benzene rings is 2. The molecule has 0 spiro atoms. The van der Waals surface area contributed by atoms with Crippen LogP contribution < -0.4 is 15.0 Å². The lowest BCUT2D eigenvalue weighted by molar-refractivity contribution is -0.121. The lowest BCUT2D eigenvalue weighted by atomic mass is 10.2. The quantitative estimate of drug-likeness (QED) is 0.879. The van der Waals surface area contributed by atoms with Gasteiger partial charge in [-0.1, -0.05) is 12.1 Å². The van der Waals surface area contributed by atoms with E-state index >= 15 is 0 Å². The molecule has 7 heteroatoms. The smallest absolute Gasteiger partial charge is 0.264 e. The van der Waals surface area contributed by atoms with E-state index in [-0.39, 0.29) is 18.4 Å². The number of ether oxygens (including phenoxy) is 1. The van der Waals surface area contributed by atoms with Gasteiger partial charge in [0.2, 0.25) is 5.91 Å². The van der Waals surface area contributed by atoms with Crippen molar-refractivity contribution < 1.29 is 14.3 Å². The summed E-state index contributed by atoms with van der Waals surface area (Å²) in [5.41, 5.74) is 3.01. The standard InChI is InChI=1S/C19H17N3O3S/c1-22-16-7-6-15(8-17(16)25-10-19(22)24)21-18(23)12-26-11-14-4-2-13(9-20)3-5-14/h2-8H,10-12H2,1H3,(H,21,23). The second kappa shape index (κ2) is 7.93. The van der Waals surface area contributed by atoms with Crippen molar-refractivity contribution in [2.45, 2.75) is 5.75 Å². The molecule has 0 saturated carbocycles. The summed E-state index contributed by atoms with van der Waals surface area (Å²) in [5, 5.41) is 11.6. The van der Waals surface area contributed by atoms with E-state index in [0.717, 1.165) is 5.56 Å². The first-order valence-corrected chi connectivity index (χ1v) is 9.12. The Labute approximate surface area is 155 Å². The zero-order valence-electron chi connectivity index (χ0n) is 14.2. The number of amides is 2. The first-order chi connectivity index (χ1) is 12.6. The third-order valence-corrected chi connectivity index (χ3v) is 4.92. The minimum Gasteiger partial charge on any atom is -0.481 e. The number of anilines is 2. The third kappa shape index (κ3) is 4.16. The van der Waals surface area contributed by atoms with Gasteiger partial charge in [-0.2, -0.15) is 5.26 Å². The van der Waals surface area contributed by atoms with Crippen LogP contribution >= 0.6 is 11.8 Å². The van der Waals surface area contributed by atoms with Crippen LogP contribution in [-0.2, 0) is 15.3 Å². The third-order valence-electron chi connectivity index (χ3n) is 3.92. The number of carbonyl (C=O) groups excluding carboxylic acids is 2. The molecule has 26 heavy (non-hydrogen) atoms. The Kier molecular flexibility index (Phi) is 5.44. The summed E-state index contributed by atoms with van der Waals surface area (Å²) in [5.74, 6) is 1.38. The molecule has 2 amide bonds. The maximum absolute atomic E-state index is 12.1. The van der Waals surface area contributed by atoms with Gasteiger partial charge in [0.15, 0.2) is 6.61 Å². The second-order valence-corrected chi connectivity index (χ2v) is 6.76. The Bertz CT molecular complexity index is 875. The lowest BCUT2D eigenvalue weighted by Crippen LogP contribution is -2.35. The summed E-state index contributed by atoms with van der Waals surface area (Å²) in [4.78, 5) is 25.2. The van der Waals surface area contributed by atoms with Crippen LogP contribution in [0.4, 0.5) is 11.4 Å². The molecule has 6 nitrogen and oxygen atoms in total. The van der Waals surface area contributed by atoms with Crippen LogP contribution in [0.1, 0.15) is 11.1 Å². The largest absolute Gasteiger partial charge is 0.481 e. The van der Waals surface area contributed by atoms with Gasteiger partial charge in [0, 0.05) is 24.6 Å². The monoisotopic (exact) mass is 367 g/mol. The fourth-order valence-corrected chi connectivity index (χ4v) is 3.28. The van der Waals surface area contributed by atoms with Crippen molar-refractivity contribution in [3.8, 4) is 11.8 Å². The van der Waals surface area contributed by atoms with Crippen LogP contribution in [0.3, 0.4) is 0 Å². The molecular formula is C19H17N3O3S. The van der Waals surface area contributed by atoms with Crippen LogP contribution in [0.25, 0.3) is 0 Å². The normalized spacial score (nSPS) is 12.8. The van der Waals surface area contributed by atoms with E-state index in [9.17, 15) is 9.59 Å². The molecule has 2 aromatic rings. The van der Waals surface area contributed by atoms with Crippen molar-refractivity contribution in [2.75, 3.05) is 29.6 Å². The molecule has 0 atom stereocenters. The molecule has 0 bridgehead atoms. The van der Waals surface area contributed by atoms with Gasteiger partial charge in [0.05, 0.1) is 23.1 Å². The number of likely N-dealkylation sites (N-methyl/N-ethyl adjacent to an activating group) is 1. The number of nitrogens with zero attached hydrogens (tertiary/aromatic N) is 2. The molecule has 0 saturated heterocycles. The highest BCUT2D eigenvalue weighted by molar-refractivity contribution is 7.99. The van der Waals surface area contributed by atoms with E-state index in [4.69, 9.17) is 10.00 Å². The molecule has 0 fully saturated rings. The Morgan fingerprint density at radius 3 is 2.81 bits per heavy atom. The summed E-state index contributed by atoms with van der Waals surface area (Å²) < 4.78 is 5.42. The van der Waals surface area contributed by atoms with E-state index in [1.54, 1.807) is 37.4 Å². The molecule has 2 aromatic carbocycles. The zero-order valence-corrected chi connectivity index (χ0v) is 15.0. The molecule has 0 radical (unpaired) electrons. The molecule has 1 heterocycles. The maximum Gasteiger partial charge on any atom is 0.264 e. The van der Waals surface area contributed by atoms with E-state index in [1.165, 1.54) is 16.7 Å². The van der Waals surface area contributed by atoms with Crippen molar-refractivity contribution in [3.05, 3.63) is 53.6 Å². The van der Waals surface area contributed by atoms with Gasteiger partial charge in [-0.3, -0.25) is 9.59 Å². The SMILES string of the molecule is CN1C(=O)COc2cc(NC(=O)CSCc3ccc(C#N)cc3)ccc21. The molecule has 0 aliphatic carbocycles. The molecule has 0 unspecified atom stereocenters. The van der Waals surface area contributed by atoms with Crippen molar-refractivity contribution in [3.63, 3.8) is 0 Å². The van der Waals surface area contributed by atoms with Gasteiger partial charge in [0.1, 0.15) is 5.75 Å². The molecule has 3 rings (SSSR count). The Balaban J connectivity index is 1.52. The van der Waals surface area contributed by atoms with E-state index in [2.05, 4.69) is 11.4 Å². The van der Waals surface area contributed by atoms with Crippen LogP contribution in [-0.4, -0.2) is 31.2 Å². The molecule has 1 N–H and O–H groups in total. The Morgan fingerprint density at radius 1 is 1.31 bits per heavy atom. The zero-order chi connectivity index (χ0) is 18.5. The topological polar surface area (TPSA) is 82.4 Å². The number of fused-ring (bicyclic) bond motifs is 1. The molecule has 132 valence electrons. The van der Waals surface area contributed by atoms with Crippen molar-refractivity contribution in [1.82, 2.24) is 0 Å². The number of rotatable bonds is 5. The number of nitrogens with one attached hydrogen (secondary N) is 1. The minimum atomic E-state index is -0.108. The van der Waals surface area contributed by atoms with Gasteiger partial charge in [-0.15, -0.1) is 11.8 Å². The van der Waals surface area contributed by atoms with E-state index in [1.807, 2.05) is 12.1 Å². The number of nitriles is 1. The second-order valence-electron chi connectivity index (χ2n) is 5.77. The summed E-state index contributed by atoms with van der Waals surface area (Å²) in [6.07, 6.45) is 0. The van der Waals surface area contributed by atoms with Crippen LogP contribution in [0, 0.1) is 11.3 Å². The van der Waals surface area contributed by atoms with Crippen LogP contribution in [0.2, 0.25) is 0 Å². The highest BCUT2D eigenvalue weighted by atomic mass is 32.2. The highest BCUT2D eigenvalue weighted by Gasteiger charge is 2.22. The van der Waals surface area contributed by atoms with Crippen LogP contribution in [0.5, 0.6) is 5.75 Å². The van der Waals surface area contributed by atoms with Crippen molar-refractivity contribution >= 4 is 35.0 Å². The van der Waals surface area contributed by atoms with Crippen LogP contribution in [0.15, 0.2) is 42.5 Å². The van der Waals surface area contributed by atoms with E-state index < -0.39 is 0 Å². The molecule has 1 aliphatic rings. The number of hydrogen-bond donors (Lipinski definition) is 1. The predicted octanol–water partition coefficient (Wildman–Crippen LogP) is 2.79. The maximum atomic E-state index is 12.1. The molecule has 0 aromatic heterocycles. The fourth-order valence-electron chi connectivity index (χ4n) is 2.49. The minimum absolute atomic E-state index is 0.00133. The predicted molar refractivity (Wildman–Crippen MR) is 101 cm³/mol. The van der Waals surface area contributed by atoms with Crippen molar-refractivity contribution in [2.24, 2.45) is 0 Å². The van der Waals surface area contributed by atoms with Gasteiger partial charge in [-0.25, -0.2) is 0 Å². The summed E-state index contributed by atoms with van der Waals surface area (Å²) in [6, 6.07) is 14.6. The number of thioether (sulfide) groups is 1. The summed E-state index contributed by atoms with van der Waals surface area (Å²) >= 11 is 1.50. The molecular weight excluding hydrogens is 350 g/mol. The first kappa shape index (κ1) is 17.8. The van der Waals surface area contributed by atoms with E-state index in [0.29, 0.717) is 34.2 Å². The van der Waals surface area contributed by atoms with Gasteiger partial charge in [0.25, 0.3) is 5.91 Å². The van der Waals surface area contributed by atoms with Gasteiger partial charge < -0.3 is 15.0 Å². The Morgan fingerprint density at radius 2 is 2.08 bits per heavy atom. The Hall–Kier alpha value is -2.98. The number of hydrogen-bond acceptors (Lipinski definition) is 5. The van der Waals surface area contributed by atoms with Crippen molar-refractivity contribution in [1.29, 1.82) is 5.26 Å². The highest BCUT2D eigenvalue weighted by Crippen LogP contribution is 2.33. The summed E-state index contributed by atoms with van der Waals surface area (Å²) in [6.45, 7) is 0.00133. The van der Waals surface area contributed by atoms with Gasteiger partial charge >= 0.3 is 0 Å². The number of carbonyl (C=O) groups is 2. The fraction of sp³-hybridized carbons (Fsp3) is 0.211. The molecule has 1 aliphatic heterocycles.